The van der Waals surface area contributed by atoms with Crippen molar-refractivity contribution in [2.24, 2.45) is 4.99 Å². The summed E-state index contributed by atoms with van der Waals surface area (Å²) in [5, 5.41) is 0. The van der Waals surface area contributed by atoms with Gasteiger partial charge in [-0.1, -0.05) is 5.57 Å². The van der Waals surface area contributed by atoms with Crippen LogP contribution in [0.15, 0.2) is 16.8 Å². The second kappa shape index (κ2) is 5.15. The van der Waals surface area contributed by atoms with E-state index in [0.29, 0.717) is 0 Å². The molecule has 1 saturated heterocycles. The summed E-state index contributed by atoms with van der Waals surface area (Å²) < 4.78 is 0. The topological polar surface area (TPSA) is 18.8 Å². The Kier molecular flexibility index (Phi) is 4.14. The van der Waals surface area contributed by atoms with Crippen LogP contribution in [0.5, 0.6) is 0 Å². The zero-order valence-electron chi connectivity index (χ0n) is 9.75. The summed E-state index contributed by atoms with van der Waals surface area (Å²) >= 11 is 0. The van der Waals surface area contributed by atoms with Gasteiger partial charge < -0.3 is 9.80 Å². The first-order valence-electron chi connectivity index (χ1n) is 5.21. The van der Waals surface area contributed by atoms with Crippen molar-refractivity contribution < 1.29 is 0 Å². The fraction of sp³-hybridized carbons (Fsp3) is 0.727. The Labute approximate surface area is 87.1 Å². The van der Waals surface area contributed by atoms with Crippen LogP contribution in [0.1, 0.15) is 20.8 Å². The molecular formula is C11H21N3. The molecule has 0 N–H and O–H groups in total. The van der Waals surface area contributed by atoms with Crippen molar-refractivity contribution in [2.75, 3.05) is 33.2 Å². The third-order valence-corrected chi connectivity index (χ3v) is 2.47. The van der Waals surface area contributed by atoms with Crippen molar-refractivity contribution in [2.45, 2.75) is 20.8 Å². The van der Waals surface area contributed by atoms with E-state index in [-0.39, 0.29) is 0 Å². The third kappa shape index (κ3) is 3.50. The van der Waals surface area contributed by atoms with Crippen LogP contribution in [0.3, 0.4) is 0 Å². The smallest absolute Gasteiger partial charge is 0.101 e. The number of likely N-dealkylation sites (N-methyl/N-ethyl adjacent to an activating group) is 1. The number of hydrogen-bond acceptors (Lipinski definition) is 2. The molecule has 1 rings (SSSR count). The Balaban J connectivity index is 2.49. The van der Waals surface area contributed by atoms with Gasteiger partial charge in [0.1, 0.15) is 5.84 Å². The van der Waals surface area contributed by atoms with Crippen LogP contribution >= 0.6 is 0 Å². The normalized spacial score (nSPS) is 19.7. The molecule has 0 spiro atoms. The van der Waals surface area contributed by atoms with Gasteiger partial charge in [-0.05, 0) is 27.8 Å². The molecule has 0 atom stereocenters. The molecule has 0 aromatic heterocycles. The summed E-state index contributed by atoms with van der Waals surface area (Å²) in [6.45, 7) is 10.7. The van der Waals surface area contributed by atoms with E-state index >= 15 is 0 Å². The number of aliphatic imine (C=N–C) groups is 1. The molecule has 1 heterocycles. The minimum atomic E-state index is 1.10. The SMILES string of the molecule is CC(C)=CN=C(C)N1CCN(C)CC1. The second-order valence-corrected chi connectivity index (χ2v) is 4.17. The van der Waals surface area contributed by atoms with Gasteiger partial charge in [0.05, 0.1) is 0 Å². The molecule has 0 aliphatic carbocycles. The van der Waals surface area contributed by atoms with Gasteiger partial charge in [0.25, 0.3) is 0 Å². The number of allylic oxidation sites excluding steroid dienone is 1. The maximum absolute atomic E-state index is 4.43. The first-order chi connectivity index (χ1) is 6.59. The molecule has 1 aliphatic heterocycles. The van der Waals surface area contributed by atoms with Crippen molar-refractivity contribution in [3.8, 4) is 0 Å². The van der Waals surface area contributed by atoms with Gasteiger partial charge in [-0.3, -0.25) is 0 Å². The minimum Gasteiger partial charge on any atom is -0.358 e. The quantitative estimate of drug-likeness (QED) is 0.467. The van der Waals surface area contributed by atoms with Gasteiger partial charge in [-0.15, -0.1) is 0 Å². The number of piperazine rings is 1. The lowest BCUT2D eigenvalue weighted by Crippen LogP contribution is -2.46. The maximum atomic E-state index is 4.43. The molecule has 0 saturated carbocycles. The lowest BCUT2D eigenvalue weighted by molar-refractivity contribution is 0.215. The van der Waals surface area contributed by atoms with E-state index in [1.165, 1.54) is 5.57 Å². The summed E-state index contributed by atoms with van der Waals surface area (Å²) in [4.78, 5) is 9.13. The van der Waals surface area contributed by atoms with E-state index in [2.05, 4.69) is 42.6 Å². The van der Waals surface area contributed by atoms with Crippen molar-refractivity contribution in [3.63, 3.8) is 0 Å². The summed E-state index contributed by atoms with van der Waals surface area (Å²) in [6, 6.07) is 0. The summed E-state index contributed by atoms with van der Waals surface area (Å²) in [7, 11) is 2.17. The van der Waals surface area contributed by atoms with E-state index in [1.807, 2.05) is 6.20 Å². The fourth-order valence-electron chi connectivity index (χ4n) is 1.43. The maximum Gasteiger partial charge on any atom is 0.101 e. The lowest BCUT2D eigenvalue weighted by atomic mass is 10.3. The molecule has 3 nitrogen and oxygen atoms in total. The number of hydrogen-bond donors (Lipinski definition) is 0. The second-order valence-electron chi connectivity index (χ2n) is 4.17. The summed E-state index contributed by atoms with van der Waals surface area (Å²) in [5.41, 5.74) is 1.25. The van der Waals surface area contributed by atoms with Crippen molar-refractivity contribution >= 4 is 5.84 Å². The standard InChI is InChI=1S/C11H21N3/c1-10(2)9-12-11(3)14-7-5-13(4)6-8-14/h9H,5-8H2,1-4H3. The molecule has 80 valence electrons. The van der Waals surface area contributed by atoms with Gasteiger partial charge >= 0.3 is 0 Å². The van der Waals surface area contributed by atoms with Crippen LogP contribution in [0.4, 0.5) is 0 Å². The molecule has 14 heavy (non-hydrogen) atoms. The average Bonchev–Trinajstić information content (AvgIpc) is 2.15. The highest BCUT2D eigenvalue weighted by molar-refractivity contribution is 5.80. The first kappa shape index (κ1) is 11.2. The Bertz CT molecular complexity index is 231. The van der Waals surface area contributed by atoms with E-state index < -0.39 is 0 Å². The predicted molar refractivity (Wildman–Crippen MR) is 61.6 cm³/mol. The lowest BCUT2D eigenvalue weighted by Gasteiger charge is -2.33. The molecular weight excluding hydrogens is 174 g/mol. The van der Waals surface area contributed by atoms with Crippen LogP contribution in [-0.2, 0) is 0 Å². The van der Waals surface area contributed by atoms with E-state index in [0.717, 1.165) is 32.0 Å². The highest BCUT2D eigenvalue weighted by Gasteiger charge is 2.13. The van der Waals surface area contributed by atoms with Crippen LogP contribution in [0, 0.1) is 0 Å². The van der Waals surface area contributed by atoms with E-state index in [1.54, 1.807) is 0 Å². The van der Waals surface area contributed by atoms with Crippen molar-refractivity contribution in [1.82, 2.24) is 9.80 Å². The van der Waals surface area contributed by atoms with Gasteiger partial charge in [0.15, 0.2) is 0 Å². The van der Waals surface area contributed by atoms with Crippen LogP contribution in [-0.4, -0.2) is 48.9 Å². The van der Waals surface area contributed by atoms with Gasteiger partial charge in [-0.25, -0.2) is 4.99 Å². The molecule has 0 radical (unpaired) electrons. The number of rotatable bonds is 1. The van der Waals surface area contributed by atoms with E-state index in [4.69, 9.17) is 0 Å². The van der Waals surface area contributed by atoms with Gasteiger partial charge in [0, 0.05) is 32.4 Å². The molecule has 0 aromatic carbocycles. The highest BCUT2D eigenvalue weighted by Crippen LogP contribution is 2.01. The Morgan fingerprint density at radius 1 is 1.07 bits per heavy atom. The zero-order valence-corrected chi connectivity index (χ0v) is 9.75. The Morgan fingerprint density at radius 2 is 1.64 bits per heavy atom. The molecule has 1 aliphatic rings. The molecule has 0 unspecified atom stereocenters. The van der Waals surface area contributed by atoms with Gasteiger partial charge in [-0.2, -0.15) is 0 Å². The number of amidine groups is 1. The average molecular weight is 195 g/mol. The molecule has 1 fully saturated rings. The zero-order chi connectivity index (χ0) is 10.6. The molecule has 0 amide bonds. The Morgan fingerprint density at radius 3 is 2.14 bits per heavy atom. The Hall–Kier alpha value is -0.830. The first-order valence-corrected chi connectivity index (χ1v) is 5.21. The molecule has 0 aromatic rings. The molecule has 3 heteroatoms. The van der Waals surface area contributed by atoms with Crippen LogP contribution < -0.4 is 0 Å². The predicted octanol–water partition coefficient (Wildman–Crippen LogP) is 1.58. The summed E-state index contributed by atoms with van der Waals surface area (Å²) in [5.74, 6) is 1.14. The third-order valence-electron chi connectivity index (χ3n) is 2.47. The minimum absolute atomic E-state index is 1.10. The van der Waals surface area contributed by atoms with Crippen molar-refractivity contribution in [3.05, 3.63) is 11.8 Å². The largest absolute Gasteiger partial charge is 0.358 e. The van der Waals surface area contributed by atoms with Gasteiger partial charge in [0.2, 0.25) is 0 Å². The summed E-state index contributed by atoms with van der Waals surface area (Å²) in [6.07, 6.45) is 1.94. The fourth-order valence-corrected chi connectivity index (χ4v) is 1.43. The monoisotopic (exact) mass is 195 g/mol. The molecule has 0 bridgehead atoms. The van der Waals surface area contributed by atoms with Crippen molar-refractivity contribution in [1.29, 1.82) is 0 Å². The van der Waals surface area contributed by atoms with Crippen LogP contribution in [0.25, 0.3) is 0 Å². The highest BCUT2D eigenvalue weighted by atomic mass is 15.3. The number of nitrogens with zero attached hydrogens (tertiary/aromatic N) is 3. The van der Waals surface area contributed by atoms with Crippen LogP contribution in [0.2, 0.25) is 0 Å². The van der Waals surface area contributed by atoms with E-state index in [9.17, 15) is 0 Å².